The van der Waals surface area contributed by atoms with Crippen LogP contribution < -0.4 is 5.73 Å². The molecule has 2 aromatic rings. The minimum Gasteiger partial charge on any atom is -0.399 e. The average Bonchev–Trinajstić information content (AvgIpc) is 2.33. The van der Waals surface area contributed by atoms with Gasteiger partial charge in [-0.3, -0.25) is 4.90 Å². The van der Waals surface area contributed by atoms with Crippen LogP contribution in [0, 0.1) is 12.7 Å². The normalized spacial score (nSPS) is 10.9. The van der Waals surface area contributed by atoms with E-state index in [1.165, 1.54) is 17.2 Å². The van der Waals surface area contributed by atoms with Gasteiger partial charge in [0, 0.05) is 24.3 Å². The number of rotatable bonds is 4. The van der Waals surface area contributed by atoms with Crippen molar-refractivity contribution in [2.45, 2.75) is 20.0 Å². The van der Waals surface area contributed by atoms with Crippen LogP contribution in [0.25, 0.3) is 0 Å². The zero-order valence-electron chi connectivity index (χ0n) is 11.4. The number of hydrogen-bond donors (Lipinski definition) is 1. The van der Waals surface area contributed by atoms with Gasteiger partial charge in [0.1, 0.15) is 5.82 Å². The molecule has 2 nitrogen and oxygen atoms in total. The number of halogens is 1. The Kier molecular flexibility index (Phi) is 4.17. The minimum absolute atomic E-state index is 0.240. The molecule has 0 aromatic heterocycles. The molecule has 100 valence electrons. The largest absolute Gasteiger partial charge is 0.399 e. The summed E-state index contributed by atoms with van der Waals surface area (Å²) in [4.78, 5) is 2.09. The van der Waals surface area contributed by atoms with E-state index in [1.54, 1.807) is 12.1 Å². The molecule has 2 N–H and O–H groups in total. The quantitative estimate of drug-likeness (QED) is 0.852. The molecule has 0 saturated carbocycles. The van der Waals surface area contributed by atoms with E-state index in [1.807, 2.05) is 13.1 Å². The Morgan fingerprint density at radius 3 is 2.58 bits per heavy atom. The first-order chi connectivity index (χ1) is 9.04. The van der Waals surface area contributed by atoms with Crippen molar-refractivity contribution in [2.75, 3.05) is 12.8 Å². The van der Waals surface area contributed by atoms with E-state index in [2.05, 4.69) is 30.0 Å². The van der Waals surface area contributed by atoms with E-state index in [9.17, 15) is 4.39 Å². The molecule has 0 saturated heterocycles. The summed E-state index contributed by atoms with van der Waals surface area (Å²) in [5, 5.41) is 0. The minimum atomic E-state index is -0.240. The predicted molar refractivity (Wildman–Crippen MR) is 77.2 cm³/mol. The van der Waals surface area contributed by atoms with Gasteiger partial charge in [0.2, 0.25) is 0 Å². The highest BCUT2D eigenvalue weighted by Crippen LogP contribution is 2.15. The maximum Gasteiger partial charge on any atom is 0.129 e. The molecule has 0 heterocycles. The number of aryl methyl sites for hydroxylation is 1. The van der Waals surface area contributed by atoms with Crippen molar-refractivity contribution >= 4 is 5.69 Å². The number of nitrogens with zero attached hydrogens (tertiary/aromatic N) is 1. The van der Waals surface area contributed by atoms with E-state index in [0.717, 1.165) is 6.54 Å². The van der Waals surface area contributed by atoms with Gasteiger partial charge in [-0.05, 0) is 31.7 Å². The Labute approximate surface area is 113 Å². The lowest BCUT2D eigenvalue weighted by Crippen LogP contribution is -2.18. The molecule has 0 aliphatic rings. The fourth-order valence-corrected chi connectivity index (χ4v) is 2.16. The summed E-state index contributed by atoms with van der Waals surface area (Å²) in [6.45, 7) is 3.44. The molecule has 0 spiro atoms. The van der Waals surface area contributed by atoms with Crippen LogP contribution in [-0.4, -0.2) is 11.9 Å². The summed E-state index contributed by atoms with van der Waals surface area (Å²) in [7, 11) is 1.98. The summed E-state index contributed by atoms with van der Waals surface area (Å²) < 4.78 is 13.7. The highest BCUT2D eigenvalue weighted by Gasteiger charge is 2.07. The Morgan fingerprint density at radius 1 is 1.11 bits per heavy atom. The molecule has 0 unspecified atom stereocenters. The maximum absolute atomic E-state index is 13.7. The monoisotopic (exact) mass is 258 g/mol. The highest BCUT2D eigenvalue weighted by molar-refractivity contribution is 5.40. The molecule has 2 rings (SSSR count). The van der Waals surface area contributed by atoms with E-state index in [4.69, 9.17) is 5.73 Å². The van der Waals surface area contributed by atoms with Gasteiger partial charge in [-0.25, -0.2) is 4.39 Å². The van der Waals surface area contributed by atoms with Gasteiger partial charge in [-0.2, -0.15) is 0 Å². The van der Waals surface area contributed by atoms with Crippen LogP contribution in [-0.2, 0) is 13.1 Å². The van der Waals surface area contributed by atoms with E-state index in [-0.39, 0.29) is 5.82 Å². The SMILES string of the molecule is Cc1cccc(CN(C)Cc2ccc(N)cc2F)c1. The van der Waals surface area contributed by atoms with Gasteiger partial charge in [0.25, 0.3) is 0 Å². The Hall–Kier alpha value is -1.87. The lowest BCUT2D eigenvalue weighted by atomic mass is 10.1. The molecule has 0 amide bonds. The third-order valence-electron chi connectivity index (χ3n) is 3.05. The zero-order chi connectivity index (χ0) is 13.8. The van der Waals surface area contributed by atoms with Gasteiger partial charge in [-0.1, -0.05) is 35.9 Å². The van der Waals surface area contributed by atoms with Crippen LogP contribution in [0.2, 0.25) is 0 Å². The summed E-state index contributed by atoms with van der Waals surface area (Å²) >= 11 is 0. The number of nitrogens with two attached hydrogens (primary N) is 1. The zero-order valence-corrected chi connectivity index (χ0v) is 11.4. The van der Waals surface area contributed by atoms with Crippen molar-refractivity contribution in [3.63, 3.8) is 0 Å². The Bertz CT molecular complexity index is 566. The summed E-state index contributed by atoms with van der Waals surface area (Å²) in [5.74, 6) is -0.240. The Balaban J connectivity index is 2.03. The fraction of sp³-hybridized carbons (Fsp3) is 0.250. The summed E-state index contributed by atoms with van der Waals surface area (Å²) in [6, 6.07) is 13.2. The smallest absolute Gasteiger partial charge is 0.129 e. The van der Waals surface area contributed by atoms with Crippen LogP contribution >= 0.6 is 0 Å². The van der Waals surface area contributed by atoms with E-state index < -0.39 is 0 Å². The average molecular weight is 258 g/mol. The third kappa shape index (κ3) is 3.80. The number of benzene rings is 2. The van der Waals surface area contributed by atoms with Gasteiger partial charge in [0.15, 0.2) is 0 Å². The van der Waals surface area contributed by atoms with Gasteiger partial charge >= 0.3 is 0 Å². The molecular formula is C16H19FN2. The second-order valence-electron chi connectivity index (χ2n) is 5.01. The molecule has 0 aliphatic carbocycles. The fourth-order valence-electron chi connectivity index (χ4n) is 2.16. The topological polar surface area (TPSA) is 29.3 Å². The first-order valence-corrected chi connectivity index (χ1v) is 6.32. The molecule has 3 heteroatoms. The molecule has 0 aliphatic heterocycles. The molecule has 19 heavy (non-hydrogen) atoms. The van der Waals surface area contributed by atoms with Crippen LogP contribution in [0.4, 0.5) is 10.1 Å². The van der Waals surface area contributed by atoms with Crippen molar-refractivity contribution in [1.82, 2.24) is 4.90 Å². The van der Waals surface area contributed by atoms with Crippen LogP contribution in [0.1, 0.15) is 16.7 Å². The first kappa shape index (κ1) is 13.6. The molecule has 0 atom stereocenters. The van der Waals surface area contributed by atoms with Gasteiger partial charge in [0.05, 0.1) is 0 Å². The van der Waals surface area contributed by atoms with Crippen LogP contribution in [0.15, 0.2) is 42.5 Å². The standard InChI is InChI=1S/C16H19FN2/c1-12-4-3-5-13(8-12)10-19(2)11-14-6-7-15(18)9-16(14)17/h3-9H,10-11,18H2,1-2H3. The summed E-state index contributed by atoms with van der Waals surface area (Å²) in [6.07, 6.45) is 0. The van der Waals surface area contributed by atoms with E-state index >= 15 is 0 Å². The van der Waals surface area contributed by atoms with Crippen LogP contribution in [0.3, 0.4) is 0 Å². The van der Waals surface area contributed by atoms with E-state index in [0.29, 0.717) is 17.8 Å². The van der Waals surface area contributed by atoms with Crippen molar-refractivity contribution in [1.29, 1.82) is 0 Å². The lowest BCUT2D eigenvalue weighted by Gasteiger charge is -2.17. The molecular weight excluding hydrogens is 239 g/mol. The van der Waals surface area contributed by atoms with Crippen molar-refractivity contribution in [2.24, 2.45) is 0 Å². The number of nitrogen functional groups attached to an aromatic ring is 1. The van der Waals surface area contributed by atoms with Gasteiger partial charge in [-0.15, -0.1) is 0 Å². The first-order valence-electron chi connectivity index (χ1n) is 6.32. The summed E-state index contributed by atoms with van der Waals surface area (Å²) in [5.41, 5.74) is 9.15. The molecule has 2 aromatic carbocycles. The predicted octanol–water partition coefficient (Wildman–Crippen LogP) is 3.35. The molecule has 0 bridgehead atoms. The lowest BCUT2D eigenvalue weighted by molar-refractivity contribution is 0.313. The highest BCUT2D eigenvalue weighted by atomic mass is 19.1. The molecule has 0 radical (unpaired) electrons. The van der Waals surface area contributed by atoms with Crippen molar-refractivity contribution < 1.29 is 4.39 Å². The van der Waals surface area contributed by atoms with Crippen molar-refractivity contribution in [3.8, 4) is 0 Å². The Morgan fingerprint density at radius 2 is 1.89 bits per heavy atom. The second-order valence-corrected chi connectivity index (χ2v) is 5.01. The third-order valence-corrected chi connectivity index (χ3v) is 3.05. The number of anilines is 1. The van der Waals surface area contributed by atoms with Gasteiger partial charge < -0.3 is 5.73 Å². The molecule has 0 fully saturated rings. The number of hydrogen-bond acceptors (Lipinski definition) is 2. The maximum atomic E-state index is 13.7. The van der Waals surface area contributed by atoms with Crippen LogP contribution in [0.5, 0.6) is 0 Å². The van der Waals surface area contributed by atoms with Crippen molar-refractivity contribution in [3.05, 3.63) is 65.0 Å². The second kappa shape index (κ2) is 5.85.